The van der Waals surface area contributed by atoms with Gasteiger partial charge in [0.1, 0.15) is 6.54 Å². The van der Waals surface area contributed by atoms with Crippen molar-refractivity contribution in [1.29, 1.82) is 0 Å². The van der Waals surface area contributed by atoms with Crippen LogP contribution < -0.4 is 11.1 Å². The van der Waals surface area contributed by atoms with E-state index in [1.807, 2.05) is 24.1 Å². The molecule has 5 nitrogen and oxygen atoms in total. The molecule has 21 heavy (non-hydrogen) atoms. The molecule has 0 saturated carbocycles. The van der Waals surface area contributed by atoms with Gasteiger partial charge in [-0.3, -0.25) is 14.6 Å². The van der Waals surface area contributed by atoms with Crippen LogP contribution in [0.25, 0.3) is 0 Å². The van der Waals surface area contributed by atoms with Gasteiger partial charge >= 0.3 is 6.18 Å². The normalized spacial score (nSPS) is 18.5. The van der Waals surface area contributed by atoms with Crippen LogP contribution in [-0.4, -0.2) is 71.7 Å². The molecular formula is C12H21F3N4OS. The fourth-order valence-electron chi connectivity index (χ4n) is 2.08. The SMILES string of the molecule is CC(C)(C(N)=S)N1CCN(CC(=O)NCC(F)(F)F)CC1. The Kier molecular flexibility index (Phi) is 5.94. The first-order valence-electron chi connectivity index (χ1n) is 6.63. The van der Waals surface area contributed by atoms with E-state index >= 15 is 0 Å². The Morgan fingerprint density at radius 1 is 1.24 bits per heavy atom. The number of nitrogens with two attached hydrogens (primary N) is 1. The number of alkyl halides is 3. The second kappa shape index (κ2) is 6.89. The van der Waals surface area contributed by atoms with Crippen LogP contribution in [0.2, 0.25) is 0 Å². The van der Waals surface area contributed by atoms with Gasteiger partial charge in [-0.15, -0.1) is 0 Å². The van der Waals surface area contributed by atoms with Crippen molar-refractivity contribution in [2.45, 2.75) is 25.6 Å². The number of hydrogen-bond acceptors (Lipinski definition) is 4. The molecule has 1 amide bonds. The second-order valence-electron chi connectivity index (χ2n) is 5.58. The van der Waals surface area contributed by atoms with E-state index in [0.717, 1.165) is 0 Å². The Morgan fingerprint density at radius 2 is 1.76 bits per heavy atom. The van der Waals surface area contributed by atoms with E-state index in [0.29, 0.717) is 31.2 Å². The maximum atomic E-state index is 12.0. The molecule has 0 spiro atoms. The minimum Gasteiger partial charge on any atom is -0.392 e. The van der Waals surface area contributed by atoms with Crippen LogP contribution in [0.15, 0.2) is 0 Å². The van der Waals surface area contributed by atoms with Crippen LogP contribution in [-0.2, 0) is 4.79 Å². The smallest absolute Gasteiger partial charge is 0.392 e. The van der Waals surface area contributed by atoms with Gasteiger partial charge in [-0.25, -0.2) is 0 Å². The van der Waals surface area contributed by atoms with E-state index < -0.39 is 24.2 Å². The molecule has 0 aromatic carbocycles. The van der Waals surface area contributed by atoms with Gasteiger partial charge in [0.15, 0.2) is 0 Å². The summed E-state index contributed by atoms with van der Waals surface area (Å²) in [5.74, 6) is -0.616. The summed E-state index contributed by atoms with van der Waals surface area (Å²) in [6.07, 6.45) is -4.38. The lowest BCUT2D eigenvalue weighted by Crippen LogP contribution is -2.59. The molecule has 3 N–H and O–H groups in total. The van der Waals surface area contributed by atoms with E-state index in [1.54, 1.807) is 0 Å². The Hall–Kier alpha value is -0.930. The van der Waals surface area contributed by atoms with Crippen molar-refractivity contribution in [1.82, 2.24) is 15.1 Å². The number of carbonyl (C=O) groups excluding carboxylic acids is 1. The van der Waals surface area contributed by atoms with E-state index in [9.17, 15) is 18.0 Å². The highest BCUT2D eigenvalue weighted by atomic mass is 32.1. The maximum Gasteiger partial charge on any atom is 0.405 e. The third-order valence-electron chi connectivity index (χ3n) is 3.62. The van der Waals surface area contributed by atoms with Crippen molar-refractivity contribution in [3.63, 3.8) is 0 Å². The molecule has 1 saturated heterocycles. The number of amides is 1. The van der Waals surface area contributed by atoms with Crippen LogP contribution >= 0.6 is 12.2 Å². The van der Waals surface area contributed by atoms with Gasteiger partial charge in [-0.05, 0) is 13.8 Å². The van der Waals surface area contributed by atoms with Crippen LogP contribution in [0.1, 0.15) is 13.8 Å². The number of thiocarbonyl (C=S) groups is 1. The quantitative estimate of drug-likeness (QED) is 0.714. The summed E-state index contributed by atoms with van der Waals surface area (Å²) in [4.78, 5) is 15.8. The van der Waals surface area contributed by atoms with Crippen LogP contribution in [0.5, 0.6) is 0 Å². The highest BCUT2D eigenvalue weighted by molar-refractivity contribution is 7.80. The lowest BCUT2D eigenvalue weighted by atomic mass is 10.0. The number of nitrogens with zero attached hydrogens (tertiary/aromatic N) is 2. The second-order valence-corrected chi connectivity index (χ2v) is 6.02. The summed E-state index contributed by atoms with van der Waals surface area (Å²) in [7, 11) is 0. The molecule has 0 unspecified atom stereocenters. The predicted molar refractivity (Wildman–Crippen MR) is 77.9 cm³/mol. The Balaban J connectivity index is 2.37. The van der Waals surface area contributed by atoms with E-state index in [4.69, 9.17) is 18.0 Å². The van der Waals surface area contributed by atoms with Crippen LogP contribution in [0.3, 0.4) is 0 Å². The molecule has 1 aliphatic rings. The molecule has 0 bridgehead atoms. The molecule has 1 fully saturated rings. The fraction of sp³-hybridized carbons (Fsp3) is 0.833. The summed E-state index contributed by atoms with van der Waals surface area (Å²) >= 11 is 5.03. The first-order chi connectivity index (χ1) is 9.52. The van der Waals surface area contributed by atoms with Crippen molar-refractivity contribution in [2.24, 2.45) is 5.73 Å². The van der Waals surface area contributed by atoms with Crippen LogP contribution in [0.4, 0.5) is 13.2 Å². The Morgan fingerprint density at radius 3 is 2.19 bits per heavy atom. The average Bonchev–Trinajstić information content (AvgIpc) is 2.36. The van der Waals surface area contributed by atoms with Gasteiger partial charge in [-0.2, -0.15) is 13.2 Å². The predicted octanol–water partition coefficient (Wildman–Crippen LogP) is 0.347. The molecular weight excluding hydrogens is 305 g/mol. The minimum atomic E-state index is -4.38. The van der Waals surface area contributed by atoms with Crippen LogP contribution in [0, 0.1) is 0 Å². The first-order valence-corrected chi connectivity index (χ1v) is 7.04. The number of nitrogens with one attached hydrogen (secondary N) is 1. The zero-order valence-corrected chi connectivity index (χ0v) is 13.0. The van der Waals surface area contributed by atoms with Crippen molar-refractivity contribution < 1.29 is 18.0 Å². The summed E-state index contributed by atoms with van der Waals surface area (Å²) in [5, 5.41) is 1.87. The van der Waals surface area contributed by atoms with E-state index in [1.165, 1.54) is 0 Å². The third-order valence-corrected chi connectivity index (χ3v) is 4.12. The monoisotopic (exact) mass is 326 g/mol. The van der Waals surface area contributed by atoms with Crippen molar-refractivity contribution in [3.8, 4) is 0 Å². The fourth-order valence-corrected chi connectivity index (χ4v) is 2.21. The highest BCUT2D eigenvalue weighted by Gasteiger charge is 2.33. The highest BCUT2D eigenvalue weighted by Crippen LogP contribution is 2.17. The standard InChI is InChI=1S/C12H21F3N4OS/c1-11(2,10(16)21)19-5-3-18(4-6-19)7-9(20)17-8-12(13,14)15/h3-8H2,1-2H3,(H2,16,21)(H,17,20). The number of piperazine rings is 1. The number of halogens is 3. The minimum absolute atomic E-state index is 0.0303. The third kappa shape index (κ3) is 5.76. The molecule has 122 valence electrons. The molecule has 1 rings (SSSR count). The van der Waals surface area contributed by atoms with Gasteiger partial charge in [0.05, 0.1) is 17.1 Å². The summed E-state index contributed by atoms with van der Waals surface area (Å²) in [6.45, 7) is 5.05. The van der Waals surface area contributed by atoms with Gasteiger partial charge in [0.2, 0.25) is 5.91 Å². The van der Waals surface area contributed by atoms with Crippen molar-refractivity contribution >= 4 is 23.1 Å². The molecule has 0 aromatic heterocycles. The lowest BCUT2D eigenvalue weighted by Gasteiger charge is -2.43. The number of hydrogen-bond donors (Lipinski definition) is 2. The maximum absolute atomic E-state index is 12.0. The van der Waals surface area contributed by atoms with Gasteiger partial charge in [0, 0.05) is 26.2 Å². The topological polar surface area (TPSA) is 61.6 Å². The molecule has 1 heterocycles. The Labute approximate surface area is 127 Å². The van der Waals surface area contributed by atoms with Crippen molar-refractivity contribution in [3.05, 3.63) is 0 Å². The number of rotatable bonds is 5. The molecule has 0 atom stereocenters. The van der Waals surface area contributed by atoms with E-state index in [-0.39, 0.29) is 6.54 Å². The average molecular weight is 326 g/mol. The molecule has 9 heteroatoms. The summed E-state index contributed by atoms with van der Waals surface area (Å²) in [5.41, 5.74) is 5.30. The summed E-state index contributed by atoms with van der Waals surface area (Å²) < 4.78 is 36.0. The van der Waals surface area contributed by atoms with Gasteiger partial charge in [-0.1, -0.05) is 12.2 Å². The molecule has 0 radical (unpaired) electrons. The first kappa shape index (κ1) is 18.1. The zero-order valence-electron chi connectivity index (χ0n) is 12.2. The molecule has 0 aromatic rings. The summed E-state index contributed by atoms with van der Waals surface area (Å²) in [6, 6.07) is 0. The lowest BCUT2D eigenvalue weighted by molar-refractivity contribution is -0.139. The van der Waals surface area contributed by atoms with Crippen molar-refractivity contribution in [2.75, 3.05) is 39.3 Å². The molecule has 1 aliphatic heterocycles. The zero-order chi connectivity index (χ0) is 16.3. The Bertz CT molecular complexity index is 392. The molecule has 0 aliphatic carbocycles. The van der Waals surface area contributed by atoms with Gasteiger partial charge < -0.3 is 11.1 Å². The number of carbonyl (C=O) groups is 1. The van der Waals surface area contributed by atoms with E-state index in [2.05, 4.69) is 4.90 Å². The van der Waals surface area contributed by atoms with Gasteiger partial charge in [0.25, 0.3) is 0 Å². The largest absolute Gasteiger partial charge is 0.405 e.